The Labute approximate surface area is 106 Å². The molecule has 0 aliphatic carbocycles. The summed E-state index contributed by atoms with van der Waals surface area (Å²) in [5.74, 6) is 0.724. The molecule has 0 spiro atoms. The van der Waals surface area contributed by atoms with Crippen LogP contribution < -0.4 is 4.74 Å². The predicted octanol–water partition coefficient (Wildman–Crippen LogP) is 3.54. The third kappa shape index (κ3) is 6.25. The van der Waals surface area contributed by atoms with Crippen LogP contribution >= 0.6 is 15.9 Å². The van der Waals surface area contributed by atoms with Crippen LogP contribution in [0.1, 0.15) is 0 Å². The van der Waals surface area contributed by atoms with Crippen molar-refractivity contribution in [3.8, 4) is 5.75 Å². The molecular weight excluding hydrogens is 286 g/mol. The van der Waals surface area contributed by atoms with Crippen molar-refractivity contribution in [3.05, 3.63) is 22.9 Å². The van der Waals surface area contributed by atoms with E-state index in [9.17, 15) is 0 Å². The Kier molecular flexibility index (Phi) is 5.44. The van der Waals surface area contributed by atoms with Gasteiger partial charge in [0.15, 0.2) is 6.79 Å². The zero-order valence-electron chi connectivity index (χ0n) is 10.00. The van der Waals surface area contributed by atoms with Gasteiger partial charge in [0, 0.05) is 25.4 Å². The van der Waals surface area contributed by atoms with Crippen LogP contribution in [0.2, 0.25) is 25.7 Å². The summed E-state index contributed by atoms with van der Waals surface area (Å²) in [6.07, 6.45) is 3.39. The van der Waals surface area contributed by atoms with E-state index in [1.54, 1.807) is 12.4 Å². The summed E-state index contributed by atoms with van der Waals surface area (Å²) in [6.45, 7) is 8.06. The van der Waals surface area contributed by atoms with E-state index in [4.69, 9.17) is 9.47 Å². The molecule has 0 radical (unpaired) electrons. The summed E-state index contributed by atoms with van der Waals surface area (Å²) in [7, 11) is -0.996. The minimum atomic E-state index is -0.996. The molecule has 0 amide bonds. The Bertz CT molecular complexity index is 328. The van der Waals surface area contributed by atoms with Gasteiger partial charge in [0.25, 0.3) is 0 Å². The van der Waals surface area contributed by atoms with Crippen LogP contribution in [0.5, 0.6) is 5.75 Å². The molecular formula is C11H18BrNO2Si. The number of hydrogen-bond donors (Lipinski definition) is 0. The second-order valence-electron chi connectivity index (χ2n) is 4.82. The van der Waals surface area contributed by atoms with Gasteiger partial charge in [-0.25, -0.2) is 0 Å². The molecule has 0 atom stereocenters. The first-order valence-electron chi connectivity index (χ1n) is 5.28. The Morgan fingerprint density at radius 1 is 1.31 bits per heavy atom. The van der Waals surface area contributed by atoms with Gasteiger partial charge >= 0.3 is 0 Å². The molecule has 1 heterocycles. The normalized spacial score (nSPS) is 11.5. The van der Waals surface area contributed by atoms with E-state index in [0.717, 1.165) is 22.9 Å². The largest absolute Gasteiger partial charge is 0.466 e. The van der Waals surface area contributed by atoms with Crippen molar-refractivity contribution in [2.45, 2.75) is 25.7 Å². The summed E-state index contributed by atoms with van der Waals surface area (Å²) in [5, 5.41) is 0. The van der Waals surface area contributed by atoms with Gasteiger partial charge in [0.2, 0.25) is 0 Å². The van der Waals surface area contributed by atoms with Gasteiger partial charge in [-0.2, -0.15) is 0 Å². The molecule has 1 aromatic rings. The monoisotopic (exact) mass is 303 g/mol. The van der Waals surface area contributed by atoms with Gasteiger partial charge in [0.05, 0.1) is 6.20 Å². The molecule has 1 rings (SSSR count). The number of pyridine rings is 1. The van der Waals surface area contributed by atoms with E-state index in [1.807, 2.05) is 6.07 Å². The summed E-state index contributed by atoms with van der Waals surface area (Å²) in [5.41, 5.74) is 0. The molecule has 0 fully saturated rings. The van der Waals surface area contributed by atoms with Gasteiger partial charge in [-0.05, 0) is 28.0 Å². The van der Waals surface area contributed by atoms with Crippen molar-refractivity contribution in [3.63, 3.8) is 0 Å². The lowest BCUT2D eigenvalue weighted by molar-refractivity contribution is 0.0218. The van der Waals surface area contributed by atoms with E-state index in [0.29, 0.717) is 6.79 Å². The van der Waals surface area contributed by atoms with Crippen LogP contribution in [-0.2, 0) is 4.74 Å². The van der Waals surface area contributed by atoms with E-state index < -0.39 is 8.07 Å². The molecule has 3 nitrogen and oxygen atoms in total. The fourth-order valence-electron chi connectivity index (χ4n) is 1.02. The Hall–Kier alpha value is -0.393. The summed E-state index contributed by atoms with van der Waals surface area (Å²) in [4.78, 5) is 4.00. The molecule has 0 unspecified atom stereocenters. The number of rotatable bonds is 6. The van der Waals surface area contributed by atoms with Gasteiger partial charge in [-0.1, -0.05) is 19.6 Å². The minimum Gasteiger partial charge on any atom is -0.466 e. The molecule has 16 heavy (non-hydrogen) atoms. The molecule has 0 bridgehead atoms. The molecule has 90 valence electrons. The summed E-state index contributed by atoms with van der Waals surface area (Å²) < 4.78 is 11.7. The zero-order chi connectivity index (χ0) is 12.0. The van der Waals surface area contributed by atoms with Gasteiger partial charge < -0.3 is 9.47 Å². The maximum atomic E-state index is 5.42. The van der Waals surface area contributed by atoms with Crippen molar-refractivity contribution >= 4 is 24.0 Å². The second-order valence-corrected chi connectivity index (χ2v) is 11.4. The highest BCUT2D eigenvalue weighted by Gasteiger charge is 2.11. The number of aromatic nitrogens is 1. The van der Waals surface area contributed by atoms with E-state index in [-0.39, 0.29) is 0 Å². The predicted molar refractivity (Wildman–Crippen MR) is 71.5 cm³/mol. The van der Waals surface area contributed by atoms with Crippen LogP contribution in [0.4, 0.5) is 0 Å². The molecule has 5 heteroatoms. The van der Waals surface area contributed by atoms with Crippen LogP contribution in [0.15, 0.2) is 22.9 Å². The molecule has 0 saturated carbocycles. The molecule has 0 N–H and O–H groups in total. The second kappa shape index (κ2) is 6.37. The number of nitrogens with zero attached hydrogens (tertiary/aromatic N) is 1. The van der Waals surface area contributed by atoms with E-state index in [2.05, 4.69) is 40.6 Å². The summed E-state index contributed by atoms with van der Waals surface area (Å²) in [6, 6.07) is 3.03. The standard InChI is InChI=1S/C11H18BrNO2Si/c1-16(2,3)5-4-14-9-15-11-6-10(12)7-13-8-11/h6-8H,4-5,9H2,1-3H3. The molecule has 0 aliphatic heterocycles. The maximum absolute atomic E-state index is 5.42. The number of halogens is 1. The lowest BCUT2D eigenvalue weighted by Crippen LogP contribution is -2.22. The smallest absolute Gasteiger partial charge is 0.189 e. The van der Waals surface area contributed by atoms with Crippen LogP contribution in [0, 0.1) is 0 Å². The van der Waals surface area contributed by atoms with E-state index in [1.165, 1.54) is 0 Å². The Morgan fingerprint density at radius 3 is 2.69 bits per heavy atom. The van der Waals surface area contributed by atoms with Gasteiger partial charge in [-0.3, -0.25) is 4.98 Å². The van der Waals surface area contributed by atoms with E-state index >= 15 is 0 Å². The fraction of sp³-hybridized carbons (Fsp3) is 0.545. The first-order valence-corrected chi connectivity index (χ1v) is 9.78. The summed E-state index contributed by atoms with van der Waals surface area (Å²) >= 11 is 3.33. The average molecular weight is 304 g/mol. The topological polar surface area (TPSA) is 31.4 Å². The average Bonchev–Trinajstić information content (AvgIpc) is 2.15. The van der Waals surface area contributed by atoms with Crippen LogP contribution in [-0.4, -0.2) is 26.5 Å². The van der Waals surface area contributed by atoms with Gasteiger partial charge in [0.1, 0.15) is 5.75 Å². The van der Waals surface area contributed by atoms with Crippen molar-refractivity contribution in [2.75, 3.05) is 13.4 Å². The third-order valence-electron chi connectivity index (χ3n) is 1.99. The van der Waals surface area contributed by atoms with Gasteiger partial charge in [-0.15, -0.1) is 0 Å². The molecule has 0 saturated heterocycles. The highest BCUT2D eigenvalue weighted by Crippen LogP contribution is 2.15. The maximum Gasteiger partial charge on any atom is 0.189 e. The first kappa shape index (κ1) is 13.7. The molecule has 0 aliphatic rings. The number of hydrogen-bond acceptors (Lipinski definition) is 3. The van der Waals surface area contributed by atoms with Crippen molar-refractivity contribution in [2.24, 2.45) is 0 Å². The zero-order valence-corrected chi connectivity index (χ0v) is 12.6. The lowest BCUT2D eigenvalue weighted by atomic mass is 10.5. The first-order chi connectivity index (χ1) is 7.47. The van der Waals surface area contributed by atoms with Crippen molar-refractivity contribution in [1.29, 1.82) is 0 Å². The van der Waals surface area contributed by atoms with Crippen LogP contribution in [0.3, 0.4) is 0 Å². The Morgan fingerprint density at radius 2 is 2.06 bits per heavy atom. The fourth-order valence-corrected chi connectivity index (χ4v) is 2.12. The minimum absolute atomic E-state index is 0.294. The SMILES string of the molecule is C[Si](C)(C)CCOCOc1cncc(Br)c1. The number of ether oxygens (including phenoxy) is 2. The van der Waals surface area contributed by atoms with Crippen molar-refractivity contribution < 1.29 is 9.47 Å². The highest BCUT2D eigenvalue weighted by molar-refractivity contribution is 9.10. The molecule has 0 aromatic carbocycles. The quantitative estimate of drug-likeness (QED) is 0.458. The lowest BCUT2D eigenvalue weighted by Gasteiger charge is -2.15. The Balaban J connectivity index is 2.17. The third-order valence-corrected chi connectivity index (χ3v) is 4.12. The van der Waals surface area contributed by atoms with Crippen molar-refractivity contribution in [1.82, 2.24) is 4.98 Å². The highest BCUT2D eigenvalue weighted by atomic mass is 79.9. The van der Waals surface area contributed by atoms with Crippen LogP contribution in [0.25, 0.3) is 0 Å². The molecule has 1 aromatic heterocycles.